The predicted octanol–water partition coefficient (Wildman–Crippen LogP) is 0.851. The first-order valence-electron chi connectivity index (χ1n) is 6.41. The third-order valence-corrected chi connectivity index (χ3v) is 2.65. The maximum atomic E-state index is 8.63. The van der Waals surface area contributed by atoms with E-state index in [1.807, 2.05) is 6.92 Å². The van der Waals surface area contributed by atoms with Crippen LogP contribution < -0.4 is 0 Å². The molecule has 6 nitrogen and oxygen atoms in total. The molecule has 0 aliphatic heterocycles. The van der Waals surface area contributed by atoms with Crippen molar-refractivity contribution in [1.29, 1.82) is 0 Å². The molecule has 6 heteroatoms. The number of nitrogens with zero attached hydrogens (tertiary/aromatic N) is 3. The van der Waals surface area contributed by atoms with Gasteiger partial charge < -0.3 is 14.4 Å². The van der Waals surface area contributed by atoms with Crippen molar-refractivity contribution in [2.24, 2.45) is 0 Å². The molecule has 0 aliphatic carbocycles. The summed E-state index contributed by atoms with van der Waals surface area (Å²) in [6.07, 6.45) is 0.783. The van der Waals surface area contributed by atoms with Gasteiger partial charge in [0.05, 0.1) is 26.4 Å². The lowest BCUT2D eigenvalue weighted by molar-refractivity contribution is 0.0615. The van der Waals surface area contributed by atoms with Gasteiger partial charge >= 0.3 is 0 Å². The maximum absolute atomic E-state index is 8.63. The number of ether oxygens (including phenoxy) is 1. The predicted molar refractivity (Wildman–Crippen MR) is 67.1 cm³/mol. The second kappa shape index (κ2) is 8.18. The number of aromatic nitrogens is 2. The van der Waals surface area contributed by atoms with Crippen molar-refractivity contribution < 1.29 is 14.4 Å². The topological polar surface area (TPSA) is 71.6 Å². The zero-order valence-corrected chi connectivity index (χ0v) is 11.4. The molecule has 0 saturated heterocycles. The van der Waals surface area contributed by atoms with E-state index in [2.05, 4.69) is 28.9 Å². The fourth-order valence-corrected chi connectivity index (χ4v) is 1.54. The molecule has 0 aromatic carbocycles. The Morgan fingerprint density at radius 2 is 2.17 bits per heavy atom. The Morgan fingerprint density at radius 3 is 2.72 bits per heavy atom. The third-order valence-electron chi connectivity index (χ3n) is 2.65. The van der Waals surface area contributed by atoms with Crippen LogP contribution in [0.2, 0.25) is 0 Å². The molecule has 104 valence electrons. The van der Waals surface area contributed by atoms with E-state index in [1.165, 1.54) is 0 Å². The summed E-state index contributed by atoms with van der Waals surface area (Å²) >= 11 is 0. The van der Waals surface area contributed by atoms with E-state index >= 15 is 0 Å². The van der Waals surface area contributed by atoms with E-state index in [0.717, 1.165) is 18.8 Å². The van der Waals surface area contributed by atoms with Crippen LogP contribution in [0.5, 0.6) is 0 Å². The van der Waals surface area contributed by atoms with Crippen LogP contribution in [0.25, 0.3) is 0 Å². The Kier molecular flexibility index (Phi) is 6.85. The minimum Gasteiger partial charge on any atom is -0.394 e. The minimum atomic E-state index is 0.0607. The van der Waals surface area contributed by atoms with Crippen LogP contribution in [0.1, 0.15) is 32.5 Å². The van der Waals surface area contributed by atoms with E-state index in [-0.39, 0.29) is 6.61 Å². The van der Waals surface area contributed by atoms with Crippen LogP contribution in [0.3, 0.4) is 0 Å². The van der Waals surface area contributed by atoms with Crippen LogP contribution in [-0.2, 0) is 17.7 Å². The van der Waals surface area contributed by atoms with Gasteiger partial charge in [0, 0.05) is 19.0 Å². The molecule has 0 radical (unpaired) electrons. The van der Waals surface area contributed by atoms with Crippen molar-refractivity contribution in [3.63, 3.8) is 0 Å². The smallest absolute Gasteiger partial charge is 0.240 e. The van der Waals surface area contributed by atoms with E-state index in [9.17, 15) is 0 Å². The molecule has 1 aromatic heterocycles. The Labute approximate surface area is 108 Å². The van der Waals surface area contributed by atoms with E-state index in [4.69, 9.17) is 14.4 Å². The molecule has 0 fully saturated rings. The number of hydrogen-bond acceptors (Lipinski definition) is 6. The minimum absolute atomic E-state index is 0.0607. The van der Waals surface area contributed by atoms with Gasteiger partial charge in [-0.25, -0.2) is 0 Å². The maximum Gasteiger partial charge on any atom is 0.240 e. The van der Waals surface area contributed by atoms with Crippen LogP contribution in [0, 0.1) is 0 Å². The average molecular weight is 257 g/mol. The average Bonchev–Trinajstić information content (AvgIpc) is 2.80. The monoisotopic (exact) mass is 257 g/mol. The highest BCUT2D eigenvalue weighted by Crippen LogP contribution is 2.06. The fraction of sp³-hybridized carbons (Fsp3) is 0.833. The van der Waals surface area contributed by atoms with Crippen molar-refractivity contribution >= 4 is 0 Å². The van der Waals surface area contributed by atoms with Gasteiger partial charge in [-0.3, -0.25) is 4.90 Å². The van der Waals surface area contributed by atoms with E-state index in [1.54, 1.807) is 0 Å². The van der Waals surface area contributed by atoms with Crippen LogP contribution in [-0.4, -0.2) is 52.6 Å². The Hall–Kier alpha value is -0.980. The summed E-state index contributed by atoms with van der Waals surface area (Å²) in [6.45, 7) is 8.67. The van der Waals surface area contributed by atoms with E-state index < -0.39 is 0 Å². The van der Waals surface area contributed by atoms with Gasteiger partial charge in [0.1, 0.15) is 0 Å². The lowest BCUT2D eigenvalue weighted by Crippen LogP contribution is -2.33. The molecule has 1 N–H and O–H groups in total. The van der Waals surface area contributed by atoms with Crippen molar-refractivity contribution in [3.8, 4) is 0 Å². The molecular weight excluding hydrogens is 234 g/mol. The van der Waals surface area contributed by atoms with Gasteiger partial charge in [0.15, 0.2) is 5.82 Å². The normalized spacial score (nSPS) is 11.7. The molecule has 18 heavy (non-hydrogen) atoms. The summed E-state index contributed by atoms with van der Waals surface area (Å²) < 4.78 is 10.4. The molecule has 1 heterocycles. The second-order valence-electron chi connectivity index (χ2n) is 4.36. The lowest BCUT2D eigenvalue weighted by Gasteiger charge is -2.24. The van der Waals surface area contributed by atoms with Gasteiger partial charge in [-0.05, 0) is 13.8 Å². The SMILES string of the molecule is CCc1noc(CN(CCOCCO)C(C)C)n1. The molecular formula is C12H23N3O3. The van der Waals surface area contributed by atoms with Gasteiger partial charge in [0.25, 0.3) is 0 Å². The van der Waals surface area contributed by atoms with Gasteiger partial charge in [-0.2, -0.15) is 4.98 Å². The number of aliphatic hydroxyl groups excluding tert-OH is 1. The molecule has 0 saturated carbocycles. The van der Waals surface area contributed by atoms with Crippen molar-refractivity contribution in [1.82, 2.24) is 15.0 Å². The molecule has 1 rings (SSSR count). The second-order valence-corrected chi connectivity index (χ2v) is 4.36. The Balaban J connectivity index is 2.41. The Morgan fingerprint density at radius 1 is 1.39 bits per heavy atom. The zero-order valence-electron chi connectivity index (χ0n) is 11.4. The molecule has 0 bridgehead atoms. The Bertz CT molecular complexity index is 328. The number of rotatable bonds is 9. The highest BCUT2D eigenvalue weighted by atomic mass is 16.5. The van der Waals surface area contributed by atoms with Gasteiger partial charge in [-0.15, -0.1) is 0 Å². The van der Waals surface area contributed by atoms with Crippen molar-refractivity contribution in [2.45, 2.75) is 39.8 Å². The summed E-state index contributed by atoms with van der Waals surface area (Å²) in [5.74, 6) is 1.38. The first-order chi connectivity index (χ1) is 8.67. The van der Waals surface area contributed by atoms with Crippen LogP contribution in [0.4, 0.5) is 0 Å². The molecule has 0 atom stereocenters. The lowest BCUT2D eigenvalue weighted by atomic mass is 10.3. The van der Waals surface area contributed by atoms with Crippen molar-refractivity contribution in [2.75, 3.05) is 26.4 Å². The summed E-state index contributed by atoms with van der Waals surface area (Å²) in [4.78, 5) is 6.49. The van der Waals surface area contributed by atoms with Crippen molar-refractivity contribution in [3.05, 3.63) is 11.7 Å². The third kappa shape index (κ3) is 5.12. The molecule has 1 aromatic rings. The standard InChI is InChI=1S/C12H23N3O3/c1-4-11-13-12(18-14-11)9-15(10(2)3)5-7-17-8-6-16/h10,16H,4-9H2,1-3H3. The molecule has 0 amide bonds. The molecule has 0 aliphatic rings. The summed E-state index contributed by atoms with van der Waals surface area (Å²) in [6, 6.07) is 0.375. The highest BCUT2D eigenvalue weighted by Gasteiger charge is 2.14. The van der Waals surface area contributed by atoms with Gasteiger partial charge in [-0.1, -0.05) is 12.1 Å². The highest BCUT2D eigenvalue weighted by molar-refractivity contribution is 4.86. The van der Waals surface area contributed by atoms with Crippen LogP contribution >= 0.6 is 0 Å². The molecule has 0 unspecified atom stereocenters. The quantitative estimate of drug-likeness (QED) is 0.661. The van der Waals surface area contributed by atoms with E-state index in [0.29, 0.717) is 31.7 Å². The summed E-state index contributed by atoms with van der Waals surface area (Å²) in [5, 5.41) is 12.5. The number of hydrogen-bond donors (Lipinski definition) is 1. The summed E-state index contributed by atoms with van der Waals surface area (Å²) in [7, 11) is 0. The van der Waals surface area contributed by atoms with Gasteiger partial charge in [0.2, 0.25) is 5.89 Å². The largest absolute Gasteiger partial charge is 0.394 e. The fourth-order valence-electron chi connectivity index (χ4n) is 1.54. The number of aryl methyl sites for hydroxylation is 1. The number of aliphatic hydroxyl groups is 1. The molecule has 0 spiro atoms. The first kappa shape index (κ1) is 15.1. The van der Waals surface area contributed by atoms with Crippen LogP contribution in [0.15, 0.2) is 4.52 Å². The summed E-state index contributed by atoms with van der Waals surface area (Å²) in [5.41, 5.74) is 0. The first-order valence-corrected chi connectivity index (χ1v) is 6.41. The zero-order chi connectivity index (χ0) is 13.4.